The number of nitrogens with one attached hydrogen (secondary N) is 1. The number of likely N-dealkylation sites (N-methyl/N-ethyl adjacent to an activating group) is 1. The summed E-state index contributed by atoms with van der Waals surface area (Å²) in [6, 6.07) is 7.65. The molecule has 2 aromatic rings. The van der Waals surface area contributed by atoms with Crippen LogP contribution in [0.4, 0.5) is 0 Å². The molecule has 0 saturated carbocycles. The third-order valence-electron chi connectivity index (χ3n) is 5.44. The number of benzene rings is 1. The third-order valence-corrected chi connectivity index (χ3v) is 7.19. The Balaban J connectivity index is 1.53. The van der Waals surface area contributed by atoms with Crippen LogP contribution in [0.1, 0.15) is 36.3 Å². The van der Waals surface area contributed by atoms with Gasteiger partial charge in [-0.3, -0.25) is 4.68 Å². The Bertz CT molecular complexity index is 922. The van der Waals surface area contributed by atoms with Gasteiger partial charge in [0.1, 0.15) is 31.2 Å². The van der Waals surface area contributed by atoms with Crippen molar-refractivity contribution in [3.05, 3.63) is 41.2 Å². The van der Waals surface area contributed by atoms with Gasteiger partial charge in [0, 0.05) is 5.69 Å². The molecule has 1 fully saturated rings. The monoisotopic (exact) mass is 422 g/mol. The molecule has 2 heterocycles. The van der Waals surface area contributed by atoms with E-state index in [1.165, 1.54) is 10.5 Å². The van der Waals surface area contributed by atoms with Gasteiger partial charge >= 0.3 is 0 Å². The van der Waals surface area contributed by atoms with Crippen molar-refractivity contribution in [1.82, 2.24) is 9.78 Å². The van der Waals surface area contributed by atoms with E-state index in [2.05, 4.69) is 12.1 Å². The zero-order chi connectivity index (χ0) is 21.0. The lowest BCUT2D eigenvalue weighted by Gasteiger charge is -2.16. The van der Waals surface area contributed by atoms with Crippen molar-refractivity contribution < 1.29 is 22.8 Å². The molecule has 0 radical (unpaired) electrons. The molecule has 29 heavy (non-hydrogen) atoms. The van der Waals surface area contributed by atoms with Gasteiger partial charge in [0.2, 0.25) is 0 Å². The molecule has 2 atom stereocenters. The molecule has 1 N–H and O–H groups in total. The van der Waals surface area contributed by atoms with E-state index in [9.17, 15) is 8.42 Å². The number of hydrogen-bond donors (Lipinski definition) is 1. The minimum absolute atomic E-state index is 0.0317. The highest BCUT2D eigenvalue weighted by molar-refractivity contribution is 7.91. The molecule has 1 aromatic carbocycles. The summed E-state index contributed by atoms with van der Waals surface area (Å²) in [5.41, 5.74) is 3.27. The molecule has 1 aliphatic rings. The number of rotatable bonds is 9. The van der Waals surface area contributed by atoms with Gasteiger partial charge < -0.3 is 14.4 Å². The van der Waals surface area contributed by atoms with Crippen molar-refractivity contribution in [2.45, 2.75) is 39.8 Å². The highest BCUT2D eigenvalue weighted by Crippen LogP contribution is 2.26. The van der Waals surface area contributed by atoms with Gasteiger partial charge in [-0.15, -0.1) is 0 Å². The molecule has 160 valence electrons. The van der Waals surface area contributed by atoms with Gasteiger partial charge in [0.15, 0.2) is 9.84 Å². The van der Waals surface area contributed by atoms with Crippen LogP contribution < -0.4 is 14.4 Å². The molecular formula is C21H32N3O4S+. The number of hydrogen-bond acceptors (Lipinski definition) is 5. The smallest absolute Gasteiger partial charge is 0.152 e. The molecule has 3 rings (SSSR count). The lowest BCUT2D eigenvalue weighted by atomic mass is 10.1. The molecule has 1 aliphatic heterocycles. The van der Waals surface area contributed by atoms with E-state index >= 15 is 0 Å². The van der Waals surface area contributed by atoms with E-state index in [4.69, 9.17) is 9.47 Å². The van der Waals surface area contributed by atoms with E-state index in [0.29, 0.717) is 19.6 Å². The Morgan fingerprint density at radius 3 is 2.41 bits per heavy atom. The third kappa shape index (κ3) is 5.51. The lowest BCUT2D eigenvalue weighted by Crippen LogP contribution is -3.08. The summed E-state index contributed by atoms with van der Waals surface area (Å²) in [6.07, 6.45) is 0.655. The van der Waals surface area contributed by atoms with Crippen LogP contribution in [0, 0.1) is 13.8 Å². The topological polar surface area (TPSA) is 74.9 Å². The highest BCUT2D eigenvalue weighted by atomic mass is 32.2. The Hall–Kier alpha value is -2.06. The molecule has 7 nitrogen and oxygen atoms in total. The molecule has 1 aromatic heterocycles. The Kier molecular flexibility index (Phi) is 6.85. The molecule has 1 saturated heterocycles. The van der Waals surface area contributed by atoms with E-state index in [1.54, 1.807) is 0 Å². The minimum Gasteiger partial charge on any atom is -0.494 e. The molecule has 1 unspecified atom stereocenters. The average Bonchev–Trinajstić information content (AvgIpc) is 3.17. The first-order chi connectivity index (χ1) is 13.8. The number of sulfone groups is 1. The van der Waals surface area contributed by atoms with Crippen LogP contribution in [-0.4, -0.2) is 56.5 Å². The second kappa shape index (κ2) is 9.17. The Labute approximate surface area is 173 Å². The number of aryl methyl sites for hydroxylation is 1. The predicted molar refractivity (Wildman–Crippen MR) is 113 cm³/mol. The maximum atomic E-state index is 11.8. The van der Waals surface area contributed by atoms with E-state index in [-0.39, 0.29) is 17.5 Å². The van der Waals surface area contributed by atoms with E-state index in [0.717, 1.165) is 36.0 Å². The normalized spacial score (nSPS) is 19.2. The van der Waals surface area contributed by atoms with Crippen molar-refractivity contribution in [1.29, 1.82) is 0 Å². The summed E-state index contributed by atoms with van der Waals surface area (Å²) in [7, 11) is -0.785. The zero-order valence-electron chi connectivity index (χ0n) is 17.8. The number of aromatic nitrogens is 2. The summed E-state index contributed by atoms with van der Waals surface area (Å²) in [6.45, 7) is 8.98. The van der Waals surface area contributed by atoms with E-state index in [1.807, 2.05) is 49.7 Å². The van der Waals surface area contributed by atoms with Gasteiger partial charge in [-0.25, -0.2) is 8.42 Å². The predicted octanol–water partition coefficient (Wildman–Crippen LogP) is 1.35. The minimum atomic E-state index is -2.92. The maximum absolute atomic E-state index is 11.8. The summed E-state index contributed by atoms with van der Waals surface area (Å²) >= 11 is 0. The fraction of sp³-hybridized carbons (Fsp3) is 0.571. The SMILES string of the molecule is CCOc1ccc(OCC[NH+](C)Cc2c(C)nn([C@@H]3CCS(=O)(=O)C3)c2C)cc1. The molecule has 0 spiro atoms. The van der Waals surface area contributed by atoms with Crippen LogP contribution in [0.25, 0.3) is 0 Å². The first-order valence-corrected chi connectivity index (χ1v) is 12.0. The molecule has 0 amide bonds. The van der Waals surface area contributed by atoms with Gasteiger partial charge in [0.05, 0.1) is 42.5 Å². The summed E-state index contributed by atoms with van der Waals surface area (Å²) in [4.78, 5) is 1.32. The molecule has 8 heteroatoms. The summed E-state index contributed by atoms with van der Waals surface area (Å²) in [5.74, 6) is 2.15. The molecule has 0 aliphatic carbocycles. The van der Waals surface area contributed by atoms with Crippen LogP contribution in [-0.2, 0) is 16.4 Å². The van der Waals surface area contributed by atoms with Gasteiger partial charge in [-0.2, -0.15) is 5.10 Å². The fourth-order valence-electron chi connectivity index (χ4n) is 3.81. The van der Waals surface area contributed by atoms with Crippen molar-refractivity contribution in [2.75, 3.05) is 38.3 Å². The van der Waals surface area contributed by atoms with Crippen molar-refractivity contribution in [3.8, 4) is 11.5 Å². The maximum Gasteiger partial charge on any atom is 0.152 e. The molecule has 0 bridgehead atoms. The number of quaternary nitrogens is 1. The van der Waals surface area contributed by atoms with Crippen molar-refractivity contribution in [3.63, 3.8) is 0 Å². The average molecular weight is 423 g/mol. The quantitative estimate of drug-likeness (QED) is 0.660. The van der Waals surface area contributed by atoms with Gasteiger partial charge in [0.25, 0.3) is 0 Å². The Morgan fingerprint density at radius 2 is 1.83 bits per heavy atom. The second-order valence-corrected chi connectivity index (χ2v) is 10.0. The van der Waals surface area contributed by atoms with Crippen LogP contribution >= 0.6 is 0 Å². The van der Waals surface area contributed by atoms with Crippen LogP contribution in [0.2, 0.25) is 0 Å². The van der Waals surface area contributed by atoms with Crippen LogP contribution in [0.15, 0.2) is 24.3 Å². The lowest BCUT2D eigenvalue weighted by molar-refractivity contribution is -0.893. The number of nitrogens with zero attached hydrogens (tertiary/aromatic N) is 2. The standard InChI is InChI=1S/C21H31N3O4S/c1-5-27-19-6-8-20(9-7-19)28-12-11-23(4)14-21-16(2)22-24(17(21)3)18-10-13-29(25,26)15-18/h6-9,18H,5,10-15H2,1-4H3/p+1/t18-/m1/s1. The summed E-state index contributed by atoms with van der Waals surface area (Å²) in [5, 5.41) is 4.66. The number of ether oxygens (including phenoxy) is 2. The highest BCUT2D eigenvalue weighted by Gasteiger charge is 2.31. The van der Waals surface area contributed by atoms with Crippen molar-refractivity contribution in [2.24, 2.45) is 0 Å². The second-order valence-electron chi connectivity index (χ2n) is 7.79. The van der Waals surface area contributed by atoms with Gasteiger partial charge in [-0.05, 0) is 51.5 Å². The Morgan fingerprint density at radius 1 is 1.17 bits per heavy atom. The first-order valence-electron chi connectivity index (χ1n) is 10.2. The van der Waals surface area contributed by atoms with Crippen LogP contribution in [0.3, 0.4) is 0 Å². The summed E-state index contributed by atoms with van der Waals surface area (Å²) < 4.78 is 36.9. The first kappa shape index (κ1) is 21.6. The van der Waals surface area contributed by atoms with Crippen LogP contribution in [0.5, 0.6) is 11.5 Å². The zero-order valence-corrected chi connectivity index (χ0v) is 18.6. The fourth-order valence-corrected chi connectivity index (χ4v) is 5.50. The largest absolute Gasteiger partial charge is 0.494 e. The van der Waals surface area contributed by atoms with Crippen molar-refractivity contribution >= 4 is 9.84 Å². The van der Waals surface area contributed by atoms with Gasteiger partial charge in [-0.1, -0.05) is 0 Å². The van der Waals surface area contributed by atoms with E-state index < -0.39 is 9.84 Å². The molecular weight excluding hydrogens is 390 g/mol.